The first-order valence-electron chi connectivity index (χ1n) is 7.97. The van der Waals surface area contributed by atoms with E-state index in [4.69, 9.17) is 0 Å². The van der Waals surface area contributed by atoms with Crippen LogP contribution in [0.3, 0.4) is 0 Å². The molecule has 1 amide bonds. The van der Waals surface area contributed by atoms with E-state index in [1.54, 1.807) is 18.2 Å². The summed E-state index contributed by atoms with van der Waals surface area (Å²) in [4.78, 5) is 25.2. The van der Waals surface area contributed by atoms with Gasteiger partial charge in [-0.1, -0.05) is 24.3 Å². The van der Waals surface area contributed by atoms with Crippen LogP contribution in [-0.2, 0) is 0 Å². The molecule has 1 N–H and O–H groups in total. The van der Waals surface area contributed by atoms with E-state index in [9.17, 15) is 19.3 Å². The number of likely N-dealkylation sites (N-methyl/N-ethyl adjacent to an activating group) is 1. The third-order valence-corrected chi connectivity index (χ3v) is 4.52. The largest absolute Gasteiger partial charge is 0.347 e. The van der Waals surface area contributed by atoms with Gasteiger partial charge in [0.15, 0.2) is 0 Å². The van der Waals surface area contributed by atoms with Crippen LogP contribution in [0.2, 0.25) is 0 Å². The molecule has 0 unspecified atom stereocenters. The average Bonchev–Trinajstić information content (AvgIpc) is 2.96. The minimum absolute atomic E-state index is 0.0416. The highest BCUT2D eigenvalue weighted by atomic mass is 19.1. The number of amides is 1. The molecule has 25 heavy (non-hydrogen) atoms. The summed E-state index contributed by atoms with van der Waals surface area (Å²) in [6, 6.07) is 11.8. The second kappa shape index (κ2) is 6.98. The van der Waals surface area contributed by atoms with Gasteiger partial charge >= 0.3 is 0 Å². The van der Waals surface area contributed by atoms with Gasteiger partial charge in [-0.15, -0.1) is 0 Å². The zero-order valence-corrected chi connectivity index (χ0v) is 13.7. The Kier molecular flexibility index (Phi) is 4.76. The number of likely N-dealkylation sites (tertiary alicyclic amines) is 1. The smallest absolute Gasteiger partial charge is 0.282 e. The maximum atomic E-state index is 13.2. The lowest BCUT2D eigenvalue weighted by Gasteiger charge is -2.26. The van der Waals surface area contributed by atoms with Crippen molar-refractivity contribution < 1.29 is 14.1 Å². The Balaban J connectivity index is 1.83. The first-order chi connectivity index (χ1) is 12.0. The van der Waals surface area contributed by atoms with E-state index < -0.39 is 10.8 Å². The Morgan fingerprint density at radius 2 is 1.92 bits per heavy atom. The maximum Gasteiger partial charge on any atom is 0.282 e. The van der Waals surface area contributed by atoms with E-state index in [0.717, 1.165) is 12.1 Å². The molecule has 0 radical (unpaired) electrons. The summed E-state index contributed by atoms with van der Waals surface area (Å²) in [7, 11) is 1.94. The number of nitrogens with one attached hydrogen (secondary N) is 1. The Hall–Kier alpha value is -2.80. The Labute approximate surface area is 144 Å². The van der Waals surface area contributed by atoms with E-state index >= 15 is 0 Å². The van der Waals surface area contributed by atoms with Gasteiger partial charge in [0.05, 0.1) is 17.0 Å². The summed E-state index contributed by atoms with van der Waals surface area (Å²) in [5.41, 5.74) is 0.721. The van der Waals surface area contributed by atoms with Crippen molar-refractivity contribution in [3.8, 4) is 0 Å². The fraction of sp³-hybridized carbons (Fsp3) is 0.278. The van der Waals surface area contributed by atoms with Gasteiger partial charge in [0, 0.05) is 12.6 Å². The van der Waals surface area contributed by atoms with Crippen LogP contribution in [0.1, 0.15) is 28.4 Å². The van der Waals surface area contributed by atoms with Crippen molar-refractivity contribution in [3.05, 3.63) is 75.6 Å². The molecule has 0 aliphatic carbocycles. The molecule has 1 saturated heterocycles. The molecule has 130 valence electrons. The summed E-state index contributed by atoms with van der Waals surface area (Å²) < 4.78 is 13.2. The highest BCUT2D eigenvalue weighted by molar-refractivity contribution is 5.98. The fourth-order valence-corrected chi connectivity index (χ4v) is 3.32. The number of nitro groups is 1. The highest BCUT2D eigenvalue weighted by Gasteiger charge is 2.35. The Bertz CT molecular complexity index is 794. The second-order valence-corrected chi connectivity index (χ2v) is 6.12. The molecule has 2 aromatic carbocycles. The highest BCUT2D eigenvalue weighted by Crippen LogP contribution is 2.31. The topological polar surface area (TPSA) is 75.5 Å². The van der Waals surface area contributed by atoms with Gasteiger partial charge in [-0.05, 0) is 37.2 Å². The van der Waals surface area contributed by atoms with Crippen molar-refractivity contribution in [2.45, 2.75) is 18.5 Å². The van der Waals surface area contributed by atoms with Gasteiger partial charge < -0.3 is 5.32 Å². The Morgan fingerprint density at radius 3 is 2.60 bits per heavy atom. The molecule has 6 nitrogen and oxygen atoms in total. The number of nitro benzene ring substituents is 1. The quantitative estimate of drug-likeness (QED) is 0.684. The van der Waals surface area contributed by atoms with Crippen LogP contribution in [0.25, 0.3) is 0 Å². The van der Waals surface area contributed by atoms with Crippen LogP contribution < -0.4 is 5.32 Å². The SMILES string of the molecule is CN1CC[C@@H](NC(=O)c2ccccc2[N+](=O)[O-])[C@H]1c1ccc(F)cc1. The minimum atomic E-state index is -0.562. The number of halogens is 1. The van der Waals surface area contributed by atoms with Gasteiger partial charge in [0.2, 0.25) is 0 Å². The van der Waals surface area contributed by atoms with Crippen molar-refractivity contribution in [3.63, 3.8) is 0 Å². The van der Waals surface area contributed by atoms with Crippen LogP contribution in [0.5, 0.6) is 0 Å². The molecule has 2 atom stereocenters. The van der Waals surface area contributed by atoms with E-state index in [2.05, 4.69) is 10.2 Å². The summed E-state index contributed by atoms with van der Waals surface area (Å²) in [6.07, 6.45) is 0.713. The van der Waals surface area contributed by atoms with E-state index in [0.29, 0.717) is 6.42 Å². The molecule has 3 rings (SSSR count). The standard InChI is InChI=1S/C18H18FN3O3/c1-21-11-10-15(17(21)12-6-8-13(19)9-7-12)20-18(23)14-4-2-3-5-16(14)22(24)25/h2-9,15,17H,10-11H2,1H3,(H,20,23)/t15-,17-/m1/s1. The maximum absolute atomic E-state index is 13.2. The van der Waals surface area contributed by atoms with Crippen LogP contribution in [-0.4, -0.2) is 35.4 Å². The lowest BCUT2D eigenvalue weighted by Crippen LogP contribution is -2.39. The van der Waals surface area contributed by atoms with Gasteiger partial charge in [-0.3, -0.25) is 19.8 Å². The van der Waals surface area contributed by atoms with Gasteiger partial charge in [-0.25, -0.2) is 4.39 Å². The summed E-state index contributed by atoms with van der Waals surface area (Å²) in [6.45, 7) is 0.768. The molecule has 0 aromatic heterocycles. The molecule has 1 fully saturated rings. The molecule has 0 spiro atoms. The molecule has 1 aliphatic rings. The van der Waals surface area contributed by atoms with Gasteiger partial charge in [0.25, 0.3) is 11.6 Å². The van der Waals surface area contributed by atoms with E-state index in [1.807, 2.05) is 7.05 Å². The normalized spacial score (nSPS) is 20.4. The molecule has 1 heterocycles. The summed E-state index contributed by atoms with van der Waals surface area (Å²) in [5.74, 6) is -0.787. The summed E-state index contributed by atoms with van der Waals surface area (Å²) >= 11 is 0. The van der Waals surface area contributed by atoms with Gasteiger partial charge in [-0.2, -0.15) is 0 Å². The lowest BCUT2D eigenvalue weighted by atomic mass is 9.99. The molecule has 0 saturated carbocycles. The minimum Gasteiger partial charge on any atom is -0.347 e. The van der Waals surface area contributed by atoms with Crippen molar-refractivity contribution in [1.82, 2.24) is 10.2 Å². The third kappa shape index (κ3) is 3.51. The predicted octanol–water partition coefficient (Wildman–Crippen LogP) is 2.91. The lowest BCUT2D eigenvalue weighted by molar-refractivity contribution is -0.385. The fourth-order valence-electron chi connectivity index (χ4n) is 3.32. The number of benzene rings is 2. The average molecular weight is 343 g/mol. The molecule has 0 bridgehead atoms. The van der Waals surface area contributed by atoms with Crippen LogP contribution in [0, 0.1) is 15.9 Å². The number of nitrogens with zero attached hydrogens (tertiary/aromatic N) is 2. The van der Waals surface area contributed by atoms with E-state index in [1.165, 1.54) is 30.3 Å². The molecular weight excluding hydrogens is 325 g/mol. The van der Waals surface area contributed by atoms with Crippen molar-refractivity contribution >= 4 is 11.6 Å². The van der Waals surface area contributed by atoms with Crippen molar-refractivity contribution in [2.24, 2.45) is 0 Å². The van der Waals surface area contributed by atoms with Gasteiger partial charge in [0.1, 0.15) is 11.4 Å². The number of hydrogen-bond donors (Lipinski definition) is 1. The Morgan fingerprint density at radius 1 is 1.24 bits per heavy atom. The zero-order valence-electron chi connectivity index (χ0n) is 13.7. The van der Waals surface area contributed by atoms with Crippen LogP contribution in [0.15, 0.2) is 48.5 Å². The molecular formula is C18H18FN3O3. The number of carbonyl (C=O) groups is 1. The predicted molar refractivity (Wildman–Crippen MR) is 90.7 cm³/mol. The number of rotatable bonds is 4. The monoisotopic (exact) mass is 343 g/mol. The number of carbonyl (C=O) groups excluding carboxylic acids is 1. The first-order valence-corrected chi connectivity index (χ1v) is 7.97. The van der Waals surface area contributed by atoms with E-state index in [-0.39, 0.29) is 29.2 Å². The molecule has 2 aromatic rings. The summed E-state index contributed by atoms with van der Waals surface area (Å²) in [5, 5.41) is 14.0. The molecule has 7 heteroatoms. The van der Waals surface area contributed by atoms with Crippen molar-refractivity contribution in [2.75, 3.05) is 13.6 Å². The number of hydrogen-bond acceptors (Lipinski definition) is 4. The second-order valence-electron chi connectivity index (χ2n) is 6.12. The molecule has 1 aliphatic heterocycles. The number of para-hydroxylation sites is 1. The van der Waals surface area contributed by atoms with Crippen LogP contribution >= 0.6 is 0 Å². The third-order valence-electron chi connectivity index (χ3n) is 4.52. The first kappa shape index (κ1) is 17.0. The zero-order chi connectivity index (χ0) is 18.0. The van der Waals surface area contributed by atoms with Crippen LogP contribution in [0.4, 0.5) is 10.1 Å². The van der Waals surface area contributed by atoms with Crippen molar-refractivity contribution in [1.29, 1.82) is 0 Å².